The van der Waals surface area contributed by atoms with Crippen molar-refractivity contribution >= 4 is 39.9 Å². The third-order valence-corrected chi connectivity index (χ3v) is 7.89. The number of amidine groups is 1. The number of hydrogen-bond acceptors (Lipinski definition) is 8. The van der Waals surface area contributed by atoms with Crippen molar-refractivity contribution in [3.8, 4) is 0 Å². The number of likely N-dealkylation sites (tertiary alicyclic amines) is 1. The van der Waals surface area contributed by atoms with Crippen molar-refractivity contribution < 1.29 is 14.3 Å². The van der Waals surface area contributed by atoms with Gasteiger partial charge in [0.2, 0.25) is 0 Å². The van der Waals surface area contributed by atoms with Crippen LogP contribution < -0.4 is 0 Å². The van der Waals surface area contributed by atoms with E-state index >= 15 is 0 Å². The van der Waals surface area contributed by atoms with Gasteiger partial charge in [-0.25, -0.2) is 4.99 Å². The summed E-state index contributed by atoms with van der Waals surface area (Å²) in [7, 11) is 0. The zero-order valence-corrected chi connectivity index (χ0v) is 22.1. The fraction of sp³-hybridized carbons (Fsp3) is 0.519. The molecule has 3 heterocycles. The summed E-state index contributed by atoms with van der Waals surface area (Å²) in [6, 6.07) is 14.0. The van der Waals surface area contributed by atoms with Crippen molar-refractivity contribution in [2.24, 2.45) is 15.9 Å². The van der Waals surface area contributed by atoms with Gasteiger partial charge in [-0.1, -0.05) is 54.6 Å². The SMILES string of the molecule is CSC1=NC(c2cccs2)C(C(=O)OCCCc2ccccc2)C(COCCN2CCCCC2)=N1. The van der Waals surface area contributed by atoms with Crippen LogP contribution in [0.5, 0.6) is 0 Å². The largest absolute Gasteiger partial charge is 0.465 e. The van der Waals surface area contributed by atoms with E-state index in [1.54, 1.807) is 11.3 Å². The van der Waals surface area contributed by atoms with E-state index in [1.165, 1.54) is 36.6 Å². The van der Waals surface area contributed by atoms with Gasteiger partial charge in [-0.05, 0) is 62.0 Å². The molecule has 188 valence electrons. The molecule has 1 aromatic carbocycles. The molecule has 0 bridgehead atoms. The van der Waals surface area contributed by atoms with Gasteiger partial charge in [0.1, 0.15) is 12.0 Å². The Morgan fingerprint density at radius 3 is 2.69 bits per heavy atom. The minimum atomic E-state index is -0.559. The fourth-order valence-corrected chi connectivity index (χ4v) is 5.73. The normalized spacial score (nSPS) is 20.8. The minimum Gasteiger partial charge on any atom is -0.465 e. The van der Waals surface area contributed by atoms with Crippen LogP contribution in [0.2, 0.25) is 0 Å². The van der Waals surface area contributed by atoms with E-state index < -0.39 is 5.92 Å². The molecule has 4 rings (SSSR count). The second kappa shape index (κ2) is 13.9. The topological polar surface area (TPSA) is 63.5 Å². The third-order valence-electron chi connectivity index (χ3n) is 6.38. The number of thiophene rings is 1. The molecule has 0 aliphatic carbocycles. The average Bonchev–Trinajstić information content (AvgIpc) is 3.45. The quantitative estimate of drug-likeness (QED) is 0.303. The van der Waals surface area contributed by atoms with Crippen molar-refractivity contribution in [3.63, 3.8) is 0 Å². The highest BCUT2D eigenvalue weighted by atomic mass is 32.2. The van der Waals surface area contributed by atoms with Gasteiger partial charge in [-0.2, -0.15) is 0 Å². The molecule has 0 amide bonds. The summed E-state index contributed by atoms with van der Waals surface area (Å²) in [5, 5.41) is 2.71. The lowest BCUT2D eigenvalue weighted by Gasteiger charge is -2.28. The Bertz CT molecular complexity index is 973. The molecule has 0 spiro atoms. The number of aryl methyl sites for hydroxylation is 1. The highest BCUT2D eigenvalue weighted by Gasteiger charge is 2.39. The highest BCUT2D eigenvalue weighted by molar-refractivity contribution is 8.13. The smallest absolute Gasteiger partial charge is 0.317 e. The van der Waals surface area contributed by atoms with E-state index in [0.717, 1.165) is 43.1 Å². The molecule has 2 aliphatic heterocycles. The summed E-state index contributed by atoms with van der Waals surface area (Å²) < 4.78 is 11.8. The van der Waals surface area contributed by atoms with Crippen LogP contribution in [-0.4, -0.2) is 67.5 Å². The van der Waals surface area contributed by atoms with Gasteiger partial charge in [0.05, 0.1) is 25.5 Å². The Balaban J connectivity index is 1.38. The van der Waals surface area contributed by atoms with Crippen LogP contribution in [-0.2, 0) is 20.7 Å². The summed E-state index contributed by atoms with van der Waals surface area (Å²) in [6.07, 6.45) is 7.48. The van der Waals surface area contributed by atoms with Gasteiger partial charge < -0.3 is 14.4 Å². The molecule has 0 saturated carbocycles. The number of piperidine rings is 1. The highest BCUT2D eigenvalue weighted by Crippen LogP contribution is 2.35. The lowest BCUT2D eigenvalue weighted by atomic mass is 9.92. The number of nitrogens with zero attached hydrogens (tertiary/aromatic N) is 3. The summed E-state index contributed by atoms with van der Waals surface area (Å²) in [6.45, 7) is 4.54. The number of rotatable bonds is 11. The lowest BCUT2D eigenvalue weighted by Crippen LogP contribution is -2.38. The summed E-state index contributed by atoms with van der Waals surface area (Å²) >= 11 is 3.11. The fourth-order valence-electron chi connectivity index (χ4n) is 4.51. The average molecular weight is 514 g/mol. The first-order chi connectivity index (χ1) is 17.2. The standard InChI is InChI=1S/C27H35N3O3S2/c1-34-27-28-22(20-32-18-16-30-14-6-3-7-15-30)24(25(29-27)23-13-9-19-35-23)26(31)33-17-8-12-21-10-4-2-5-11-21/h2,4-5,9-11,13,19,24-25H,3,6-8,12,14-18,20H2,1H3. The Kier molecular flexibility index (Phi) is 10.4. The van der Waals surface area contributed by atoms with Crippen molar-refractivity contribution in [2.45, 2.75) is 38.1 Å². The van der Waals surface area contributed by atoms with Gasteiger partial charge in [-0.15, -0.1) is 11.3 Å². The molecule has 2 aromatic rings. The molecule has 1 fully saturated rings. The third kappa shape index (κ3) is 7.74. The second-order valence-electron chi connectivity index (χ2n) is 8.87. The summed E-state index contributed by atoms with van der Waals surface area (Å²) in [4.78, 5) is 26.4. The number of aliphatic imine (C=N–C) groups is 2. The van der Waals surface area contributed by atoms with Gasteiger partial charge in [0.15, 0.2) is 5.17 Å². The van der Waals surface area contributed by atoms with Crippen molar-refractivity contribution in [1.82, 2.24) is 4.90 Å². The molecule has 2 atom stereocenters. The molecule has 1 saturated heterocycles. The summed E-state index contributed by atoms with van der Waals surface area (Å²) in [5.74, 6) is -0.824. The van der Waals surface area contributed by atoms with Crippen LogP contribution in [0.15, 0.2) is 57.8 Å². The number of esters is 1. The maximum atomic E-state index is 13.4. The first kappa shape index (κ1) is 26.1. The second-order valence-corrected chi connectivity index (χ2v) is 10.6. The van der Waals surface area contributed by atoms with Crippen molar-refractivity contribution in [2.75, 3.05) is 45.7 Å². The monoisotopic (exact) mass is 513 g/mol. The van der Waals surface area contributed by atoms with Crippen LogP contribution in [0.1, 0.15) is 42.2 Å². The van der Waals surface area contributed by atoms with E-state index in [0.29, 0.717) is 25.0 Å². The Morgan fingerprint density at radius 2 is 1.94 bits per heavy atom. The van der Waals surface area contributed by atoms with E-state index in [9.17, 15) is 4.79 Å². The summed E-state index contributed by atoms with van der Waals surface area (Å²) in [5.41, 5.74) is 1.96. The van der Waals surface area contributed by atoms with Crippen LogP contribution in [0.4, 0.5) is 0 Å². The molecule has 2 aliphatic rings. The number of ether oxygens (including phenoxy) is 2. The molecule has 2 unspecified atom stereocenters. The van der Waals surface area contributed by atoms with Gasteiger partial charge >= 0.3 is 5.97 Å². The van der Waals surface area contributed by atoms with E-state index in [1.807, 2.05) is 42.0 Å². The van der Waals surface area contributed by atoms with E-state index in [2.05, 4.69) is 17.0 Å². The number of benzene rings is 1. The predicted octanol–water partition coefficient (Wildman–Crippen LogP) is 5.26. The molecule has 1 aromatic heterocycles. The Hall–Kier alpha value is -2.00. The number of carbonyl (C=O) groups is 1. The number of thioether (sulfide) groups is 1. The molecule has 0 N–H and O–H groups in total. The Morgan fingerprint density at radius 1 is 1.11 bits per heavy atom. The number of hydrogen-bond donors (Lipinski definition) is 0. The van der Waals surface area contributed by atoms with Crippen molar-refractivity contribution in [1.29, 1.82) is 0 Å². The molecule has 0 radical (unpaired) electrons. The Labute approximate surface area is 216 Å². The van der Waals surface area contributed by atoms with E-state index in [-0.39, 0.29) is 12.0 Å². The molecule has 6 nitrogen and oxygen atoms in total. The first-order valence-electron chi connectivity index (χ1n) is 12.5. The van der Waals surface area contributed by atoms with E-state index in [4.69, 9.17) is 19.5 Å². The van der Waals surface area contributed by atoms with Gasteiger partial charge in [0, 0.05) is 11.4 Å². The maximum Gasteiger partial charge on any atom is 0.317 e. The molecule has 8 heteroatoms. The van der Waals surface area contributed by atoms with Crippen LogP contribution in [0.25, 0.3) is 0 Å². The first-order valence-corrected chi connectivity index (χ1v) is 14.6. The minimum absolute atomic E-state index is 0.265. The maximum absolute atomic E-state index is 13.4. The van der Waals surface area contributed by atoms with Crippen LogP contribution in [0.3, 0.4) is 0 Å². The number of carbonyl (C=O) groups excluding carboxylic acids is 1. The zero-order valence-electron chi connectivity index (χ0n) is 20.4. The van der Waals surface area contributed by atoms with Gasteiger partial charge in [-0.3, -0.25) is 9.79 Å². The van der Waals surface area contributed by atoms with Crippen LogP contribution >= 0.6 is 23.1 Å². The van der Waals surface area contributed by atoms with Crippen molar-refractivity contribution in [3.05, 3.63) is 58.3 Å². The molecule has 35 heavy (non-hydrogen) atoms. The van der Waals surface area contributed by atoms with Crippen LogP contribution in [0, 0.1) is 5.92 Å². The zero-order chi connectivity index (χ0) is 24.3. The lowest BCUT2D eigenvalue weighted by molar-refractivity contribution is -0.147. The van der Waals surface area contributed by atoms with Gasteiger partial charge in [0.25, 0.3) is 0 Å². The molecular formula is C27H35N3O3S2. The molecular weight excluding hydrogens is 478 g/mol. The predicted molar refractivity (Wildman–Crippen MR) is 146 cm³/mol.